The van der Waals surface area contributed by atoms with Crippen LogP contribution in [0.5, 0.6) is 0 Å². The van der Waals surface area contributed by atoms with Crippen LogP contribution in [0, 0.1) is 0 Å². The number of morpholine rings is 1. The molecule has 0 aromatic heterocycles. The fourth-order valence-corrected chi connectivity index (χ4v) is 2.20. The van der Waals surface area contributed by atoms with Gasteiger partial charge in [-0.05, 0) is 20.0 Å². The minimum absolute atomic E-state index is 0.0218. The summed E-state index contributed by atoms with van der Waals surface area (Å²) in [4.78, 5) is 26.7. The smallest absolute Gasteiger partial charge is 0.334 e. The number of nitrogens with zero attached hydrogens (tertiary/aromatic N) is 2. The maximum absolute atomic E-state index is 12.1. The Bertz CT molecular complexity index is 334. The van der Waals surface area contributed by atoms with Gasteiger partial charge in [0.25, 0.3) is 0 Å². The first-order valence-electron chi connectivity index (χ1n) is 7.10. The maximum Gasteiger partial charge on any atom is 0.334 e. The quantitative estimate of drug-likeness (QED) is 0.730. The topological polar surface area (TPSA) is 82.1 Å². The van der Waals surface area contributed by atoms with E-state index in [4.69, 9.17) is 9.84 Å². The van der Waals surface area contributed by atoms with Crippen molar-refractivity contribution in [3.63, 3.8) is 0 Å². The van der Waals surface area contributed by atoms with E-state index in [2.05, 4.69) is 24.1 Å². The van der Waals surface area contributed by atoms with E-state index >= 15 is 0 Å². The molecule has 1 aliphatic rings. The van der Waals surface area contributed by atoms with E-state index in [0.717, 1.165) is 19.6 Å². The van der Waals surface area contributed by atoms with Crippen molar-refractivity contribution in [1.82, 2.24) is 15.1 Å². The van der Waals surface area contributed by atoms with Crippen LogP contribution in [0.2, 0.25) is 0 Å². The molecule has 2 amide bonds. The van der Waals surface area contributed by atoms with Crippen LogP contribution in [0.3, 0.4) is 0 Å². The zero-order valence-corrected chi connectivity index (χ0v) is 12.5. The van der Waals surface area contributed by atoms with Gasteiger partial charge in [-0.3, -0.25) is 0 Å². The summed E-state index contributed by atoms with van der Waals surface area (Å²) in [6.45, 7) is 9.55. The predicted molar refractivity (Wildman–Crippen MR) is 74.7 cm³/mol. The molecule has 0 aromatic rings. The van der Waals surface area contributed by atoms with Gasteiger partial charge in [0, 0.05) is 19.1 Å². The first kappa shape index (κ1) is 16.7. The number of hydrogen-bond acceptors (Lipinski definition) is 4. The van der Waals surface area contributed by atoms with Crippen LogP contribution < -0.4 is 5.32 Å². The van der Waals surface area contributed by atoms with Crippen LogP contribution >= 0.6 is 0 Å². The van der Waals surface area contributed by atoms with Gasteiger partial charge in [0.2, 0.25) is 0 Å². The van der Waals surface area contributed by atoms with Gasteiger partial charge < -0.3 is 25.0 Å². The molecule has 1 fully saturated rings. The molecule has 0 radical (unpaired) electrons. The average Bonchev–Trinajstić information content (AvgIpc) is 2.44. The first-order valence-corrected chi connectivity index (χ1v) is 7.10. The van der Waals surface area contributed by atoms with Gasteiger partial charge in [-0.2, -0.15) is 0 Å². The molecule has 1 rings (SSSR count). The summed E-state index contributed by atoms with van der Waals surface area (Å²) < 4.78 is 5.09. The second-order valence-corrected chi connectivity index (χ2v) is 4.98. The number of carbonyl (C=O) groups is 2. The number of likely N-dealkylation sites (N-methyl/N-ethyl adjacent to an activating group) is 1. The van der Waals surface area contributed by atoms with Crippen LogP contribution in [-0.2, 0) is 9.53 Å². The molecule has 1 heterocycles. The summed E-state index contributed by atoms with van der Waals surface area (Å²) in [5, 5.41) is 11.8. The van der Waals surface area contributed by atoms with E-state index in [1.54, 1.807) is 0 Å². The van der Waals surface area contributed by atoms with Crippen LogP contribution in [0.4, 0.5) is 4.79 Å². The molecule has 1 saturated heterocycles. The lowest BCUT2D eigenvalue weighted by molar-refractivity contribution is -0.154. The molecular weight excluding hydrogens is 262 g/mol. The largest absolute Gasteiger partial charge is 0.479 e. The Labute approximate surface area is 119 Å². The Morgan fingerprint density at radius 2 is 2.10 bits per heavy atom. The highest BCUT2D eigenvalue weighted by Gasteiger charge is 2.29. The van der Waals surface area contributed by atoms with Crippen molar-refractivity contribution < 1.29 is 19.4 Å². The number of ether oxygens (including phenoxy) is 1. The molecule has 2 N–H and O–H groups in total. The molecule has 0 bridgehead atoms. The van der Waals surface area contributed by atoms with E-state index in [1.165, 1.54) is 4.90 Å². The Morgan fingerprint density at radius 3 is 2.65 bits per heavy atom. The average molecular weight is 287 g/mol. The number of hydrogen-bond donors (Lipinski definition) is 2. The summed E-state index contributed by atoms with van der Waals surface area (Å²) in [5.74, 6) is -1.03. The molecule has 116 valence electrons. The molecule has 2 unspecified atom stereocenters. The van der Waals surface area contributed by atoms with Gasteiger partial charge >= 0.3 is 12.0 Å². The molecule has 0 saturated carbocycles. The van der Waals surface area contributed by atoms with Gasteiger partial charge in [0.05, 0.1) is 13.2 Å². The van der Waals surface area contributed by atoms with Crippen molar-refractivity contribution >= 4 is 12.0 Å². The molecule has 2 atom stereocenters. The second kappa shape index (κ2) is 8.06. The highest BCUT2D eigenvalue weighted by Crippen LogP contribution is 2.06. The van der Waals surface area contributed by atoms with Crippen molar-refractivity contribution in [3.05, 3.63) is 0 Å². The first-order chi connectivity index (χ1) is 9.47. The third-order valence-electron chi connectivity index (χ3n) is 3.43. The number of carboxylic acid groups (broad SMARTS) is 1. The van der Waals surface area contributed by atoms with Crippen LogP contribution in [0.1, 0.15) is 20.8 Å². The molecule has 20 heavy (non-hydrogen) atoms. The fraction of sp³-hybridized carbons (Fsp3) is 0.846. The third kappa shape index (κ3) is 4.97. The van der Waals surface area contributed by atoms with E-state index in [1.807, 2.05) is 6.92 Å². The van der Waals surface area contributed by atoms with Crippen molar-refractivity contribution in [1.29, 1.82) is 0 Å². The molecule has 0 aromatic carbocycles. The van der Waals surface area contributed by atoms with E-state index in [9.17, 15) is 9.59 Å². The summed E-state index contributed by atoms with van der Waals surface area (Å²) in [7, 11) is 0. The molecule has 1 aliphatic heterocycles. The number of rotatable bonds is 6. The van der Waals surface area contributed by atoms with E-state index < -0.39 is 12.1 Å². The van der Waals surface area contributed by atoms with Gasteiger partial charge in [0.15, 0.2) is 6.10 Å². The number of urea groups is 1. The Hall–Kier alpha value is -1.34. The van der Waals surface area contributed by atoms with Crippen molar-refractivity contribution in [3.8, 4) is 0 Å². The van der Waals surface area contributed by atoms with Gasteiger partial charge in [-0.25, -0.2) is 9.59 Å². The SMILES string of the molecule is CCN(CC)CC(C)NC(=O)N1CCOC(C(=O)O)C1. The lowest BCUT2D eigenvalue weighted by Crippen LogP contribution is -2.54. The fourth-order valence-electron chi connectivity index (χ4n) is 2.20. The third-order valence-corrected chi connectivity index (χ3v) is 3.43. The minimum Gasteiger partial charge on any atom is -0.479 e. The number of aliphatic carboxylic acids is 1. The second-order valence-electron chi connectivity index (χ2n) is 4.98. The van der Waals surface area contributed by atoms with Crippen molar-refractivity contribution in [2.75, 3.05) is 39.3 Å². The Balaban J connectivity index is 2.43. The van der Waals surface area contributed by atoms with Gasteiger partial charge in [-0.1, -0.05) is 13.8 Å². The highest BCUT2D eigenvalue weighted by molar-refractivity contribution is 5.77. The van der Waals surface area contributed by atoms with Crippen LogP contribution in [0.25, 0.3) is 0 Å². The molecule has 0 spiro atoms. The summed E-state index contributed by atoms with van der Waals surface area (Å²) >= 11 is 0. The number of carbonyl (C=O) groups excluding carboxylic acids is 1. The molecule has 7 heteroatoms. The van der Waals surface area contributed by atoms with Crippen LogP contribution in [-0.4, -0.2) is 78.4 Å². The Kier molecular flexibility index (Phi) is 6.74. The lowest BCUT2D eigenvalue weighted by Gasteiger charge is -2.32. The highest BCUT2D eigenvalue weighted by atomic mass is 16.5. The van der Waals surface area contributed by atoms with Gasteiger partial charge in [0.1, 0.15) is 0 Å². The summed E-state index contributed by atoms with van der Waals surface area (Å²) in [6, 6.07) is -0.201. The summed E-state index contributed by atoms with van der Waals surface area (Å²) in [6.07, 6.45) is -0.924. The Morgan fingerprint density at radius 1 is 1.45 bits per heavy atom. The standard InChI is InChI=1S/C13H25N3O4/c1-4-15(5-2)8-10(3)14-13(19)16-6-7-20-11(9-16)12(17)18/h10-11H,4-9H2,1-3H3,(H,14,19)(H,17,18). The summed E-state index contributed by atoms with van der Waals surface area (Å²) in [5.41, 5.74) is 0. The van der Waals surface area contributed by atoms with Gasteiger partial charge in [-0.15, -0.1) is 0 Å². The zero-order valence-electron chi connectivity index (χ0n) is 12.5. The lowest BCUT2D eigenvalue weighted by atomic mass is 10.2. The predicted octanol–water partition coefficient (Wildman–Crippen LogP) is 0.212. The van der Waals surface area contributed by atoms with Crippen molar-refractivity contribution in [2.45, 2.75) is 32.9 Å². The molecule has 0 aliphatic carbocycles. The van der Waals surface area contributed by atoms with Crippen LogP contribution in [0.15, 0.2) is 0 Å². The minimum atomic E-state index is -1.03. The number of nitrogens with one attached hydrogen (secondary N) is 1. The van der Waals surface area contributed by atoms with Crippen molar-refractivity contribution in [2.24, 2.45) is 0 Å². The number of amides is 2. The van der Waals surface area contributed by atoms with E-state index in [0.29, 0.717) is 6.54 Å². The molecule has 7 nitrogen and oxygen atoms in total. The number of carboxylic acids is 1. The molecular formula is C13H25N3O4. The zero-order chi connectivity index (χ0) is 15.1. The van der Waals surface area contributed by atoms with E-state index in [-0.39, 0.29) is 25.2 Å². The normalized spacial score (nSPS) is 20.8. The maximum atomic E-state index is 12.1. The monoisotopic (exact) mass is 287 g/mol.